The Labute approximate surface area is 118 Å². The molecule has 1 amide bonds. The van der Waals surface area contributed by atoms with Gasteiger partial charge in [-0.25, -0.2) is 4.39 Å². The summed E-state index contributed by atoms with van der Waals surface area (Å²) in [5.41, 5.74) is 0.717. The summed E-state index contributed by atoms with van der Waals surface area (Å²) < 4.78 is 19.2. The van der Waals surface area contributed by atoms with Gasteiger partial charge in [0.15, 0.2) is 18.2 Å². The average molecular weight is 280 g/mol. The maximum atomic E-state index is 13.8. The number of rotatable bonds is 7. The Kier molecular flexibility index (Phi) is 4.95. The van der Waals surface area contributed by atoms with Gasteiger partial charge in [0.25, 0.3) is 5.91 Å². The molecule has 0 radical (unpaired) electrons. The van der Waals surface area contributed by atoms with Crippen LogP contribution in [0.1, 0.15) is 25.3 Å². The molecule has 1 aliphatic rings. The summed E-state index contributed by atoms with van der Waals surface area (Å²) in [7, 11) is 1.78. The van der Waals surface area contributed by atoms with Crippen LogP contribution in [-0.4, -0.2) is 37.0 Å². The van der Waals surface area contributed by atoms with E-state index in [0.29, 0.717) is 19.1 Å². The molecule has 1 N–H and O–H groups in total. The summed E-state index contributed by atoms with van der Waals surface area (Å²) in [4.78, 5) is 13.9. The highest BCUT2D eigenvalue weighted by molar-refractivity contribution is 5.78. The number of ether oxygens (including phenoxy) is 1. The van der Waals surface area contributed by atoms with E-state index in [1.165, 1.54) is 6.07 Å². The number of para-hydroxylation sites is 1. The van der Waals surface area contributed by atoms with E-state index >= 15 is 0 Å². The SMILES string of the molecule is CCN(C(=O)COc1c(F)cccc1CNC)C1CC1. The topological polar surface area (TPSA) is 41.6 Å². The number of benzene rings is 1. The minimum Gasteiger partial charge on any atom is -0.480 e. The van der Waals surface area contributed by atoms with Crippen LogP contribution >= 0.6 is 0 Å². The van der Waals surface area contributed by atoms with Gasteiger partial charge in [-0.3, -0.25) is 4.79 Å². The first-order chi connectivity index (χ1) is 9.67. The van der Waals surface area contributed by atoms with E-state index in [4.69, 9.17) is 4.74 Å². The first-order valence-corrected chi connectivity index (χ1v) is 7.01. The highest BCUT2D eigenvalue weighted by atomic mass is 19.1. The Morgan fingerprint density at radius 1 is 1.50 bits per heavy atom. The number of hydrogen-bond acceptors (Lipinski definition) is 3. The number of carbonyl (C=O) groups excluding carboxylic acids is 1. The van der Waals surface area contributed by atoms with E-state index in [9.17, 15) is 9.18 Å². The zero-order valence-corrected chi connectivity index (χ0v) is 12.0. The number of nitrogens with one attached hydrogen (secondary N) is 1. The molecule has 0 atom stereocenters. The Hall–Kier alpha value is -1.62. The van der Waals surface area contributed by atoms with Crippen LogP contribution in [0.2, 0.25) is 0 Å². The van der Waals surface area contributed by atoms with Crippen LogP contribution < -0.4 is 10.1 Å². The molecule has 1 aliphatic carbocycles. The molecule has 0 unspecified atom stereocenters. The molecule has 2 rings (SSSR count). The van der Waals surface area contributed by atoms with Crippen molar-refractivity contribution >= 4 is 5.91 Å². The predicted molar refractivity (Wildman–Crippen MR) is 75.1 cm³/mol. The molecule has 1 aromatic rings. The summed E-state index contributed by atoms with van der Waals surface area (Å²) in [5, 5.41) is 2.96. The third kappa shape index (κ3) is 3.48. The van der Waals surface area contributed by atoms with Crippen LogP contribution in [0.5, 0.6) is 5.75 Å². The van der Waals surface area contributed by atoms with Crippen molar-refractivity contribution in [3.05, 3.63) is 29.6 Å². The lowest BCUT2D eigenvalue weighted by Crippen LogP contribution is -2.36. The molecule has 1 aromatic carbocycles. The van der Waals surface area contributed by atoms with Crippen molar-refractivity contribution < 1.29 is 13.9 Å². The lowest BCUT2D eigenvalue weighted by atomic mass is 10.2. The van der Waals surface area contributed by atoms with Gasteiger partial charge in [-0.15, -0.1) is 0 Å². The maximum Gasteiger partial charge on any atom is 0.260 e. The van der Waals surface area contributed by atoms with Gasteiger partial charge < -0.3 is 15.0 Å². The Morgan fingerprint density at radius 2 is 2.25 bits per heavy atom. The van der Waals surface area contributed by atoms with Crippen molar-refractivity contribution in [2.75, 3.05) is 20.2 Å². The standard InChI is InChI=1S/C15H21FN2O2/c1-3-18(12-7-8-12)14(19)10-20-15-11(9-17-2)5-4-6-13(15)16/h4-6,12,17H,3,7-10H2,1-2H3. The lowest BCUT2D eigenvalue weighted by Gasteiger charge is -2.21. The van der Waals surface area contributed by atoms with Gasteiger partial charge in [-0.2, -0.15) is 0 Å². The summed E-state index contributed by atoms with van der Waals surface area (Å²) in [6, 6.07) is 5.13. The number of halogens is 1. The van der Waals surface area contributed by atoms with E-state index in [2.05, 4.69) is 5.32 Å². The molecule has 1 fully saturated rings. The highest BCUT2D eigenvalue weighted by Gasteiger charge is 2.31. The van der Waals surface area contributed by atoms with Gasteiger partial charge in [0.1, 0.15) is 0 Å². The highest BCUT2D eigenvalue weighted by Crippen LogP contribution is 2.27. The number of hydrogen-bond donors (Lipinski definition) is 1. The molecule has 5 heteroatoms. The summed E-state index contributed by atoms with van der Waals surface area (Å²) in [6.07, 6.45) is 2.12. The van der Waals surface area contributed by atoms with Gasteiger partial charge in [-0.05, 0) is 32.9 Å². The van der Waals surface area contributed by atoms with Crippen molar-refractivity contribution in [3.8, 4) is 5.75 Å². The molecular weight excluding hydrogens is 259 g/mol. The fourth-order valence-electron chi connectivity index (χ4n) is 2.29. The van der Waals surface area contributed by atoms with Gasteiger partial charge in [0, 0.05) is 24.7 Å². The predicted octanol–water partition coefficient (Wildman–Crippen LogP) is 1.93. The fourth-order valence-corrected chi connectivity index (χ4v) is 2.29. The van der Waals surface area contributed by atoms with Crippen molar-refractivity contribution in [2.24, 2.45) is 0 Å². The summed E-state index contributed by atoms with van der Waals surface area (Å²) >= 11 is 0. The molecule has 4 nitrogen and oxygen atoms in total. The molecule has 20 heavy (non-hydrogen) atoms. The number of amides is 1. The maximum absolute atomic E-state index is 13.8. The average Bonchev–Trinajstić information content (AvgIpc) is 3.24. The Balaban J connectivity index is 2.00. The zero-order chi connectivity index (χ0) is 14.5. The molecule has 0 aromatic heterocycles. The zero-order valence-electron chi connectivity index (χ0n) is 12.0. The molecule has 0 aliphatic heterocycles. The number of likely N-dealkylation sites (N-methyl/N-ethyl adjacent to an activating group) is 1. The van der Waals surface area contributed by atoms with E-state index in [-0.39, 0.29) is 18.3 Å². The van der Waals surface area contributed by atoms with Crippen LogP contribution in [0, 0.1) is 5.82 Å². The van der Waals surface area contributed by atoms with Gasteiger partial charge in [-0.1, -0.05) is 12.1 Å². The monoisotopic (exact) mass is 280 g/mol. The second-order valence-electron chi connectivity index (χ2n) is 4.96. The lowest BCUT2D eigenvalue weighted by molar-refractivity contribution is -0.133. The molecule has 0 bridgehead atoms. The van der Waals surface area contributed by atoms with Crippen molar-refractivity contribution in [2.45, 2.75) is 32.4 Å². The van der Waals surface area contributed by atoms with E-state index in [0.717, 1.165) is 18.4 Å². The molecule has 0 spiro atoms. The smallest absolute Gasteiger partial charge is 0.260 e. The Bertz CT molecular complexity index is 475. The van der Waals surface area contributed by atoms with Crippen molar-refractivity contribution in [3.63, 3.8) is 0 Å². The first kappa shape index (κ1) is 14.8. The van der Waals surface area contributed by atoms with Crippen LogP contribution in [-0.2, 0) is 11.3 Å². The minimum atomic E-state index is -0.431. The minimum absolute atomic E-state index is 0.0753. The van der Waals surface area contributed by atoms with Crippen LogP contribution in [0.3, 0.4) is 0 Å². The molecule has 1 saturated carbocycles. The number of nitrogens with zero attached hydrogens (tertiary/aromatic N) is 1. The fraction of sp³-hybridized carbons (Fsp3) is 0.533. The van der Waals surface area contributed by atoms with Crippen LogP contribution in [0.15, 0.2) is 18.2 Å². The normalized spacial score (nSPS) is 14.2. The van der Waals surface area contributed by atoms with Gasteiger partial charge in [0.05, 0.1) is 0 Å². The van der Waals surface area contributed by atoms with Gasteiger partial charge in [0.2, 0.25) is 0 Å². The summed E-state index contributed by atoms with van der Waals surface area (Å²) in [5.74, 6) is -0.337. The quantitative estimate of drug-likeness (QED) is 0.830. The summed E-state index contributed by atoms with van der Waals surface area (Å²) in [6.45, 7) is 3.02. The molecule has 0 heterocycles. The third-order valence-electron chi connectivity index (χ3n) is 3.40. The van der Waals surface area contributed by atoms with Crippen LogP contribution in [0.4, 0.5) is 4.39 Å². The van der Waals surface area contributed by atoms with Crippen molar-refractivity contribution in [1.82, 2.24) is 10.2 Å². The van der Waals surface area contributed by atoms with Crippen LogP contribution in [0.25, 0.3) is 0 Å². The number of carbonyl (C=O) groups is 1. The van der Waals surface area contributed by atoms with E-state index in [1.54, 1.807) is 24.1 Å². The largest absolute Gasteiger partial charge is 0.480 e. The second-order valence-corrected chi connectivity index (χ2v) is 4.96. The molecule has 0 saturated heterocycles. The van der Waals surface area contributed by atoms with E-state index < -0.39 is 5.82 Å². The Morgan fingerprint density at radius 3 is 2.85 bits per heavy atom. The second kappa shape index (κ2) is 6.70. The van der Waals surface area contributed by atoms with Crippen molar-refractivity contribution in [1.29, 1.82) is 0 Å². The third-order valence-corrected chi connectivity index (χ3v) is 3.40. The molecule has 110 valence electrons. The van der Waals surface area contributed by atoms with E-state index in [1.807, 2.05) is 6.92 Å². The van der Waals surface area contributed by atoms with Gasteiger partial charge >= 0.3 is 0 Å². The molecular formula is C15H21FN2O2. The first-order valence-electron chi connectivity index (χ1n) is 7.01.